The maximum Gasteiger partial charge on any atom is 0.573 e. The van der Waals surface area contributed by atoms with Crippen LogP contribution in [0.25, 0.3) is 0 Å². The molecule has 0 radical (unpaired) electrons. The number of hydrogen-bond acceptors (Lipinski definition) is 6. The third kappa shape index (κ3) is 6.75. The Bertz CT molecular complexity index is 1210. The highest BCUT2D eigenvalue weighted by molar-refractivity contribution is 8.01. The van der Waals surface area contributed by atoms with Gasteiger partial charge in [-0.25, -0.2) is 5.48 Å². The van der Waals surface area contributed by atoms with Crippen LogP contribution in [0.5, 0.6) is 17.2 Å². The summed E-state index contributed by atoms with van der Waals surface area (Å²) < 4.78 is 45.5. The molecule has 0 aromatic heterocycles. The summed E-state index contributed by atoms with van der Waals surface area (Å²) in [4.78, 5) is 27.9. The Morgan fingerprint density at radius 2 is 1.41 bits per heavy atom. The van der Waals surface area contributed by atoms with Gasteiger partial charge in [0.2, 0.25) is 0 Å². The number of piperidine rings is 1. The summed E-state index contributed by atoms with van der Waals surface area (Å²) in [6.07, 6.45) is -4.09. The Hall–Kier alpha value is -3.70. The van der Waals surface area contributed by atoms with Crippen LogP contribution < -0.4 is 15.0 Å². The Morgan fingerprint density at radius 3 is 1.95 bits per heavy atom. The highest BCUT2D eigenvalue weighted by Crippen LogP contribution is 2.42. The van der Waals surface area contributed by atoms with Crippen molar-refractivity contribution in [1.82, 2.24) is 10.4 Å². The second-order valence-corrected chi connectivity index (χ2v) is 9.75. The van der Waals surface area contributed by atoms with E-state index in [4.69, 9.17) is 4.74 Å². The van der Waals surface area contributed by atoms with Crippen molar-refractivity contribution in [2.24, 2.45) is 0 Å². The number of nitrogens with one attached hydrogen (secondary N) is 1. The smallest absolute Gasteiger partial charge is 0.457 e. The second kappa shape index (κ2) is 11.1. The molecule has 1 saturated heterocycles. The summed E-state index contributed by atoms with van der Waals surface area (Å²) in [7, 11) is 0. The molecule has 0 aliphatic carbocycles. The first-order valence-corrected chi connectivity index (χ1v) is 12.1. The molecule has 4 rings (SSSR count). The van der Waals surface area contributed by atoms with Gasteiger partial charge in [-0.1, -0.05) is 18.2 Å². The van der Waals surface area contributed by atoms with Gasteiger partial charge in [-0.15, -0.1) is 24.9 Å². The number of alkyl halides is 3. The molecule has 194 valence electrons. The first-order chi connectivity index (χ1) is 17.7. The number of nitrogens with zero attached hydrogens (tertiary/aromatic N) is 1. The number of likely N-dealkylation sites (tertiary alicyclic amines) is 1. The molecule has 1 fully saturated rings. The number of benzene rings is 3. The van der Waals surface area contributed by atoms with E-state index in [1.54, 1.807) is 58.9 Å². The molecule has 0 unspecified atom stereocenters. The van der Waals surface area contributed by atoms with Crippen molar-refractivity contribution in [1.29, 1.82) is 0 Å². The molecule has 1 aliphatic heterocycles. The van der Waals surface area contributed by atoms with E-state index < -0.39 is 17.0 Å². The fourth-order valence-corrected chi connectivity index (χ4v) is 5.21. The maximum atomic E-state index is 12.8. The van der Waals surface area contributed by atoms with E-state index in [0.717, 1.165) is 17.0 Å². The van der Waals surface area contributed by atoms with E-state index in [-0.39, 0.29) is 11.7 Å². The van der Waals surface area contributed by atoms with Gasteiger partial charge in [-0.2, -0.15) is 0 Å². The van der Waals surface area contributed by atoms with Crippen molar-refractivity contribution in [3.05, 3.63) is 84.4 Å². The zero-order valence-corrected chi connectivity index (χ0v) is 20.2. The molecule has 1 heterocycles. The van der Waals surface area contributed by atoms with E-state index in [9.17, 15) is 28.0 Å². The van der Waals surface area contributed by atoms with Crippen molar-refractivity contribution < 1.29 is 37.4 Å². The van der Waals surface area contributed by atoms with Gasteiger partial charge in [0.25, 0.3) is 11.8 Å². The molecule has 11 heteroatoms. The van der Waals surface area contributed by atoms with Crippen molar-refractivity contribution in [3.63, 3.8) is 0 Å². The number of carbonyl (C=O) groups excluding carboxylic acids is 2. The number of rotatable bonds is 7. The van der Waals surface area contributed by atoms with E-state index in [0.29, 0.717) is 43.0 Å². The van der Waals surface area contributed by atoms with Gasteiger partial charge in [-0.3, -0.25) is 14.8 Å². The summed E-state index contributed by atoms with van der Waals surface area (Å²) in [6.45, 7) is 0.701. The van der Waals surface area contributed by atoms with Crippen LogP contribution in [-0.2, 0) is 4.79 Å². The molecule has 1 aliphatic rings. The molecule has 3 aromatic rings. The first-order valence-electron chi connectivity index (χ1n) is 11.3. The topological polar surface area (TPSA) is 88.1 Å². The van der Waals surface area contributed by atoms with E-state index in [1.807, 2.05) is 6.07 Å². The Labute approximate surface area is 215 Å². The average molecular weight is 533 g/mol. The van der Waals surface area contributed by atoms with Crippen LogP contribution in [0.3, 0.4) is 0 Å². The number of thioether (sulfide) groups is 1. The van der Waals surface area contributed by atoms with Gasteiger partial charge in [0.05, 0.1) is 0 Å². The van der Waals surface area contributed by atoms with Gasteiger partial charge in [-0.05, 0) is 73.5 Å². The van der Waals surface area contributed by atoms with E-state index >= 15 is 0 Å². The first kappa shape index (κ1) is 26.4. The lowest BCUT2D eigenvalue weighted by Gasteiger charge is -2.39. The van der Waals surface area contributed by atoms with Crippen molar-refractivity contribution >= 4 is 23.6 Å². The molecule has 0 atom stereocenters. The molecular formula is C26H23F3N2O5S. The van der Waals surface area contributed by atoms with Crippen molar-refractivity contribution in [2.75, 3.05) is 13.1 Å². The summed E-state index contributed by atoms with van der Waals surface area (Å²) in [5, 5.41) is 9.39. The predicted octanol–water partition coefficient (Wildman–Crippen LogP) is 5.65. The fourth-order valence-electron chi connectivity index (χ4n) is 3.96. The molecule has 3 aromatic carbocycles. The summed E-state index contributed by atoms with van der Waals surface area (Å²) >= 11 is 1.29. The zero-order chi connectivity index (χ0) is 26.5. The highest BCUT2D eigenvalue weighted by atomic mass is 32.2. The van der Waals surface area contributed by atoms with Crippen LogP contribution in [0.2, 0.25) is 0 Å². The van der Waals surface area contributed by atoms with Crippen molar-refractivity contribution in [3.8, 4) is 17.2 Å². The number of ether oxygens (including phenoxy) is 2. The Kier molecular flexibility index (Phi) is 7.94. The molecule has 0 spiro atoms. The minimum atomic E-state index is -4.77. The molecule has 7 nitrogen and oxygen atoms in total. The minimum Gasteiger partial charge on any atom is -0.457 e. The minimum absolute atomic E-state index is 0.108. The summed E-state index contributed by atoms with van der Waals surface area (Å²) in [5.74, 6) is -0.233. The third-order valence-electron chi connectivity index (χ3n) is 5.82. The third-order valence-corrected chi connectivity index (χ3v) is 7.32. The quantitative estimate of drug-likeness (QED) is 0.302. The van der Waals surface area contributed by atoms with Crippen LogP contribution in [-0.4, -0.2) is 46.1 Å². The number of amides is 2. The van der Waals surface area contributed by atoms with E-state index in [2.05, 4.69) is 4.74 Å². The Morgan fingerprint density at radius 1 is 0.865 bits per heavy atom. The molecule has 0 saturated carbocycles. The van der Waals surface area contributed by atoms with Gasteiger partial charge in [0.15, 0.2) is 0 Å². The van der Waals surface area contributed by atoms with Crippen LogP contribution in [0, 0.1) is 0 Å². The van der Waals surface area contributed by atoms with Gasteiger partial charge in [0, 0.05) is 23.5 Å². The maximum absolute atomic E-state index is 12.8. The molecule has 37 heavy (non-hydrogen) atoms. The van der Waals surface area contributed by atoms with Crippen LogP contribution in [0.4, 0.5) is 13.2 Å². The fraction of sp³-hybridized carbons (Fsp3) is 0.231. The lowest BCUT2D eigenvalue weighted by atomic mass is 9.94. The second-order valence-electron chi connectivity index (χ2n) is 8.29. The lowest BCUT2D eigenvalue weighted by molar-refractivity contribution is -0.274. The van der Waals surface area contributed by atoms with E-state index in [1.165, 1.54) is 23.9 Å². The molecule has 2 amide bonds. The van der Waals surface area contributed by atoms with Crippen LogP contribution >= 0.6 is 11.8 Å². The van der Waals surface area contributed by atoms with Crippen LogP contribution in [0.15, 0.2) is 83.8 Å². The number of halogens is 3. The number of hydroxylamine groups is 1. The Balaban J connectivity index is 1.39. The van der Waals surface area contributed by atoms with Gasteiger partial charge in [0.1, 0.15) is 22.0 Å². The van der Waals surface area contributed by atoms with Gasteiger partial charge < -0.3 is 14.4 Å². The monoisotopic (exact) mass is 532 g/mol. The molecule has 2 N–H and O–H groups in total. The van der Waals surface area contributed by atoms with Gasteiger partial charge >= 0.3 is 6.36 Å². The predicted molar refractivity (Wildman–Crippen MR) is 130 cm³/mol. The van der Waals surface area contributed by atoms with Crippen LogP contribution in [0.1, 0.15) is 23.2 Å². The SMILES string of the molecule is O=C(c1ccccc1)N1CCC(Sc2ccc(Oc3ccc(OC(F)(F)F)cc3)cc2)(C(=O)NO)CC1. The zero-order valence-electron chi connectivity index (χ0n) is 19.4. The normalized spacial score (nSPS) is 15.1. The lowest BCUT2D eigenvalue weighted by Crippen LogP contribution is -2.52. The largest absolute Gasteiger partial charge is 0.573 e. The number of carbonyl (C=O) groups is 2. The average Bonchev–Trinajstić information content (AvgIpc) is 2.90. The molecule has 0 bridgehead atoms. The summed E-state index contributed by atoms with van der Waals surface area (Å²) in [6, 6.07) is 20.7. The summed E-state index contributed by atoms with van der Waals surface area (Å²) in [5.41, 5.74) is 2.34. The highest BCUT2D eigenvalue weighted by Gasteiger charge is 2.43. The number of hydrogen-bond donors (Lipinski definition) is 2. The molecular weight excluding hydrogens is 509 g/mol. The van der Waals surface area contributed by atoms with Crippen molar-refractivity contribution in [2.45, 2.75) is 28.8 Å². The standard InChI is InChI=1S/C26H23F3N2O5S/c27-26(28,29)36-21-8-6-19(7-9-21)35-20-10-12-22(13-11-20)37-25(24(33)30-34)14-16-31(17-15-25)23(32)18-4-2-1-3-5-18/h1-13,34H,14-17H2,(H,30,33).